The first kappa shape index (κ1) is 16.0. The largest absolute Gasteiger partial charge is 0.356 e. The third-order valence-corrected chi connectivity index (χ3v) is 6.60. The third-order valence-electron chi connectivity index (χ3n) is 6.60. The van der Waals surface area contributed by atoms with Crippen molar-refractivity contribution in [1.82, 2.24) is 19.9 Å². The molecule has 2 atom stereocenters. The smallest absolute Gasteiger partial charge is 0.225 e. The van der Waals surface area contributed by atoms with E-state index < -0.39 is 0 Å². The first-order valence-electron chi connectivity index (χ1n) is 9.88. The van der Waals surface area contributed by atoms with E-state index in [0.29, 0.717) is 5.91 Å². The second-order valence-corrected chi connectivity index (χ2v) is 8.05. The zero-order valence-electron chi connectivity index (χ0n) is 15.0. The quantitative estimate of drug-likeness (QED) is 0.832. The van der Waals surface area contributed by atoms with Gasteiger partial charge in [-0.3, -0.25) is 9.78 Å². The van der Waals surface area contributed by atoms with Gasteiger partial charge >= 0.3 is 0 Å². The van der Waals surface area contributed by atoms with Gasteiger partial charge in [0.15, 0.2) is 0 Å². The molecule has 3 aliphatic rings. The van der Waals surface area contributed by atoms with Crippen molar-refractivity contribution < 1.29 is 4.79 Å². The molecule has 2 saturated heterocycles. The van der Waals surface area contributed by atoms with Crippen LogP contribution in [0.15, 0.2) is 24.8 Å². The van der Waals surface area contributed by atoms with Gasteiger partial charge in [-0.2, -0.15) is 0 Å². The summed E-state index contributed by atoms with van der Waals surface area (Å²) in [6.45, 7) is 3.78. The van der Waals surface area contributed by atoms with Gasteiger partial charge in [0.25, 0.3) is 0 Å². The average molecular weight is 351 g/mol. The molecule has 1 saturated carbocycles. The maximum absolute atomic E-state index is 13.0. The molecule has 1 amide bonds. The van der Waals surface area contributed by atoms with Crippen LogP contribution in [0, 0.1) is 17.8 Å². The lowest BCUT2D eigenvalue weighted by Crippen LogP contribution is -2.42. The first-order chi connectivity index (χ1) is 12.8. The lowest BCUT2D eigenvalue weighted by atomic mass is 9.95. The molecule has 1 aliphatic carbocycles. The number of carbonyl (C=O) groups is 1. The Balaban J connectivity index is 1.25. The van der Waals surface area contributed by atoms with E-state index in [2.05, 4.69) is 24.8 Å². The number of nitrogens with zero attached hydrogens (tertiary/aromatic N) is 5. The summed E-state index contributed by atoms with van der Waals surface area (Å²) in [5.41, 5.74) is 0.874. The van der Waals surface area contributed by atoms with E-state index in [1.807, 2.05) is 6.07 Å². The minimum atomic E-state index is 0.180. The van der Waals surface area contributed by atoms with Crippen LogP contribution in [0.3, 0.4) is 0 Å². The van der Waals surface area contributed by atoms with E-state index in [-0.39, 0.29) is 5.92 Å². The normalized spacial score (nSPS) is 26.5. The molecule has 26 heavy (non-hydrogen) atoms. The number of hydrogen-bond acceptors (Lipinski definition) is 5. The molecule has 2 aromatic heterocycles. The Labute approximate surface area is 153 Å². The second-order valence-electron chi connectivity index (χ2n) is 8.05. The van der Waals surface area contributed by atoms with Gasteiger partial charge in [0.05, 0.1) is 11.7 Å². The molecule has 5 rings (SSSR count). The highest BCUT2D eigenvalue weighted by Gasteiger charge is 2.40. The van der Waals surface area contributed by atoms with Crippen LogP contribution >= 0.6 is 0 Å². The molecule has 0 aromatic carbocycles. The molecule has 0 N–H and O–H groups in total. The Morgan fingerprint density at radius 2 is 1.81 bits per heavy atom. The van der Waals surface area contributed by atoms with Crippen molar-refractivity contribution in [3.05, 3.63) is 24.8 Å². The van der Waals surface area contributed by atoms with Crippen LogP contribution in [0.2, 0.25) is 0 Å². The number of likely N-dealkylation sites (tertiary alicyclic amines) is 1. The summed E-state index contributed by atoms with van der Waals surface area (Å²) in [5, 5.41) is 1.04. The Hall–Kier alpha value is -2.24. The molecule has 2 aromatic rings. The van der Waals surface area contributed by atoms with Gasteiger partial charge < -0.3 is 9.80 Å². The van der Waals surface area contributed by atoms with Gasteiger partial charge in [0.1, 0.15) is 12.1 Å². The summed E-state index contributed by atoms with van der Waals surface area (Å²) < 4.78 is 0. The zero-order valence-corrected chi connectivity index (χ0v) is 15.0. The number of pyridine rings is 1. The maximum atomic E-state index is 13.0. The van der Waals surface area contributed by atoms with Crippen LogP contribution in [0.5, 0.6) is 0 Å². The van der Waals surface area contributed by atoms with Gasteiger partial charge in [-0.1, -0.05) is 6.42 Å². The molecular weight excluding hydrogens is 326 g/mol. The van der Waals surface area contributed by atoms with Crippen LogP contribution in [-0.2, 0) is 4.79 Å². The third kappa shape index (κ3) is 2.72. The Morgan fingerprint density at radius 3 is 2.58 bits per heavy atom. The van der Waals surface area contributed by atoms with E-state index >= 15 is 0 Å². The van der Waals surface area contributed by atoms with E-state index in [1.54, 1.807) is 18.7 Å². The van der Waals surface area contributed by atoms with E-state index in [9.17, 15) is 4.79 Å². The Bertz CT molecular complexity index is 799. The summed E-state index contributed by atoms with van der Waals surface area (Å²) in [6.07, 6.45) is 11.0. The Kier molecular flexibility index (Phi) is 3.98. The number of anilines is 1. The highest BCUT2D eigenvalue weighted by molar-refractivity contribution is 5.88. The average Bonchev–Trinajstić information content (AvgIpc) is 3.29. The van der Waals surface area contributed by atoms with Crippen molar-refractivity contribution in [3.63, 3.8) is 0 Å². The van der Waals surface area contributed by atoms with E-state index in [1.165, 1.54) is 19.3 Å². The highest BCUT2D eigenvalue weighted by Crippen LogP contribution is 2.39. The van der Waals surface area contributed by atoms with Gasteiger partial charge in [-0.25, -0.2) is 9.97 Å². The molecule has 3 fully saturated rings. The van der Waals surface area contributed by atoms with Crippen molar-refractivity contribution in [1.29, 1.82) is 0 Å². The summed E-state index contributed by atoms with van der Waals surface area (Å²) in [6, 6.07) is 1.98. The van der Waals surface area contributed by atoms with Gasteiger partial charge in [-0.15, -0.1) is 0 Å². The van der Waals surface area contributed by atoms with Gasteiger partial charge in [-0.05, 0) is 43.6 Å². The number of carbonyl (C=O) groups excluding carboxylic acids is 1. The molecule has 136 valence electrons. The SMILES string of the molecule is O=C(C1CCN(c2ncnc3cnccc23)CC1)N1CC2CCCC2C1. The van der Waals surface area contributed by atoms with Crippen molar-refractivity contribution >= 4 is 22.6 Å². The van der Waals surface area contributed by atoms with Crippen molar-refractivity contribution in [2.24, 2.45) is 17.8 Å². The fraction of sp³-hybridized carbons (Fsp3) is 0.600. The number of amides is 1. The number of rotatable bonds is 2. The standard InChI is InChI=1S/C20H25N5O/c26-20(25-11-15-2-1-3-16(15)12-25)14-5-8-24(9-6-14)19-17-4-7-21-10-18(17)22-13-23-19/h4,7,10,13-16H,1-3,5-6,8-9,11-12H2. The zero-order chi connectivity index (χ0) is 17.5. The highest BCUT2D eigenvalue weighted by atomic mass is 16.2. The van der Waals surface area contributed by atoms with E-state index in [4.69, 9.17) is 0 Å². The molecule has 4 heterocycles. The number of fused-ring (bicyclic) bond motifs is 2. The second kappa shape index (κ2) is 6.49. The summed E-state index contributed by atoms with van der Waals surface area (Å²) in [5.74, 6) is 3.11. The van der Waals surface area contributed by atoms with Gasteiger partial charge in [0.2, 0.25) is 5.91 Å². The van der Waals surface area contributed by atoms with Crippen LogP contribution in [-0.4, -0.2) is 51.9 Å². The molecule has 2 aliphatic heterocycles. The molecule has 6 nitrogen and oxygen atoms in total. The minimum Gasteiger partial charge on any atom is -0.356 e. The lowest BCUT2D eigenvalue weighted by molar-refractivity contribution is -0.135. The van der Waals surface area contributed by atoms with Crippen molar-refractivity contribution in [2.45, 2.75) is 32.1 Å². The summed E-state index contributed by atoms with van der Waals surface area (Å²) >= 11 is 0. The predicted octanol–water partition coefficient (Wildman–Crippen LogP) is 2.50. The van der Waals surface area contributed by atoms with Crippen LogP contribution in [0.4, 0.5) is 5.82 Å². The van der Waals surface area contributed by atoms with Crippen molar-refractivity contribution in [2.75, 3.05) is 31.1 Å². The fourth-order valence-corrected chi connectivity index (χ4v) is 5.16. The lowest BCUT2D eigenvalue weighted by Gasteiger charge is -2.34. The number of piperidine rings is 1. The summed E-state index contributed by atoms with van der Waals surface area (Å²) in [7, 11) is 0. The van der Waals surface area contributed by atoms with Crippen molar-refractivity contribution in [3.8, 4) is 0 Å². The topological polar surface area (TPSA) is 62.2 Å². The van der Waals surface area contributed by atoms with Crippen LogP contribution in [0.25, 0.3) is 10.9 Å². The maximum Gasteiger partial charge on any atom is 0.225 e. The fourth-order valence-electron chi connectivity index (χ4n) is 5.16. The number of hydrogen-bond donors (Lipinski definition) is 0. The molecule has 0 spiro atoms. The minimum absolute atomic E-state index is 0.180. The van der Waals surface area contributed by atoms with Gasteiger partial charge in [0, 0.05) is 43.7 Å². The molecular formula is C20H25N5O. The predicted molar refractivity (Wildman–Crippen MR) is 99.7 cm³/mol. The summed E-state index contributed by atoms with van der Waals surface area (Å²) in [4.78, 5) is 30.4. The number of aromatic nitrogens is 3. The van der Waals surface area contributed by atoms with Crippen LogP contribution < -0.4 is 4.90 Å². The first-order valence-corrected chi connectivity index (χ1v) is 9.88. The molecule has 0 bridgehead atoms. The monoisotopic (exact) mass is 351 g/mol. The molecule has 0 radical (unpaired) electrons. The molecule has 6 heteroatoms. The molecule has 2 unspecified atom stereocenters. The van der Waals surface area contributed by atoms with E-state index in [0.717, 1.165) is 67.6 Å². The Morgan fingerprint density at radius 1 is 1.04 bits per heavy atom. The van der Waals surface area contributed by atoms with Crippen LogP contribution in [0.1, 0.15) is 32.1 Å².